The average Bonchev–Trinajstić information content (AvgIpc) is 2.79. The summed E-state index contributed by atoms with van der Waals surface area (Å²) in [6.07, 6.45) is 1.47. The van der Waals surface area contributed by atoms with Gasteiger partial charge in [-0.15, -0.1) is 0 Å². The van der Waals surface area contributed by atoms with Gasteiger partial charge in [-0.25, -0.2) is 4.98 Å². The molecule has 0 aromatic carbocycles. The van der Waals surface area contributed by atoms with Gasteiger partial charge in [0, 0.05) is 0 Å². The highest BCUT2D eigenvalue weighted by Crippen LogP contribution is 2.21. The molecule has 0 aliphatic rings. The Hall–Kier alpha value is -2.46. The van der Waals surface area contributed by atoms with E-state index in [4.69, 9.17) is 26.0 Å². The van der Waals surface area contributed by atoms with Gasteiger partial charge in [-0.2, -0.15) is 9.97 Å². The maximum atomic E-state index is 10.7. The number of rotatable bonds is 7. The van der Waals surface area contributed by atoms with E-state index in [0.717, 1.165) is 0 Å². The zero-order valence-electron chi connectivity index (χ0n) is 10.5. The number of aromatic nitrogens is 4. The quantitative estimate of drug-likeness (QED) is 0.505. The summed E-state index contributed by atoms with van der Waals surface area (Å²) in [5.74, 6) is -0.589. The number of primary amides is 1. The van der Waals surface area contributed by atoms with E-state index in [0.29, 0.717) is 11.2 Å². The maximum absolute atomic E-state index is 10.7. The molecule has 0 atom stereocenters. The summed E-state index contributed by atoms with van der Waals surface area (Å²) in [6, 6.07) is 0. The third-order valence-corrected chi connectivity index (χ3v) is 2.27. The van der Waals surface area contributed by atoms with Gasteiger partial charge in [0.2, 0.25) is 11.8 Å². The van der Waals surface area contributed by atoms with Crippen LogP contribution in [0, 0.1) is 0 Å². The van der Waals surface area contributed by atoms with Crippen LogP contribution in [0.2, 0.25) is 0 Å². The summed E-state index contributed by atoms with van der Waals surface area (Å²) in [5, 5.41) is 8.66. The number of aliphatic hydroxyl groups excluding tert-OH is 1. The fourth-order valence-corrected chi connectivity index (χ4v) is 1.50. The van der Waals surface area contributed by atoms with E-state index in [2.05, 4.69) is 15.0 Å². The molecule has 0 saturated carbocycles. The fraction of sp³-hybridized carbons (Fsp3) is 0.400. The van der Waals surface area contributed by atoms with Crippen LogP contribution in [0.25, 0.3) is 11.2 Å². The van der Waals surface area contributed by atoms with Gasteiger partial charge in [0.05, 0.1) is 19.5 Å². The van der Waals surface area contributed by atoms with Crippen LogP contribution in [0.3, 0.4) is 0 Å². The van der Waals surface area contributed by atoms with Crippen LogP contribution < -0.4 is 16.2 Å². The monoisotopic (exact) mass is 282 g/mol. The zero-order chi connectivity index (χ0) is 14.5. The molecule has 2 aromatic heterocycles. The molecule has 0 fully saturated rings. The lowest BCUT2D eigenvalue weighted by Crippen LogP contribution is -2.20. The number of anilines is 1. The second-order valence-corrected chi connectivity index (χ2v) is 3.79. The molecule has 0 saturated heterocycles. The van der Waals surface area contributed by atoms with Crippen LogP contribution in [0.15, 0.2) is 6.33 Å². The molecule has 2 aromatic rings. The first-order valence-electron chi connectivity index (χ1n) is 5.70. The van der Waals surface area contributed by atoms with Crippen molar-refractivity contribution < 1.29 is 19.4 Å². The molecular formula is C10H14N6O4. The minimum absolute atomic E-state index is 0.0270. The molecule has 108 valence electrons. The third kappa shape index (κ3) is 3.10. The number of carbonyl (C=O) groups is 1. The Kier molecular flexibility index (Phi) is 4.27. The highest BCUT2D eigenvalue weighted by atomic mass is 16.5. The number of nitrogens with zero attached hydrogens (tertiary/aromatic N) is 4. The average molecular weight is 282 g/mol. The van der Waals surface area contributed by atoms with Crippen LogP contribution in [0.4, 0.5) is 5.95 Å². The number of hydrogen-bond donors (Lipinski definition) is 3. The van der Waals surface area contributed by atoms with E-state index >= 15 is 0 Å². The van der Waals surface area contributed by atoms with Gasteiger partial charge in [-0.3, -0.25) is 9.36 Å². The normalized spacial score (nSPS) is 10.8. The van der Waals surface area contributed by atoms with E-state index in [1.54, 1.807) is 4.57 Å². The van der Waals surface area contributed by atoms with Crippen LogP contribution >= 0.6 is 0 Å². The molecule has 10 nitrogen and oxygen atoms in total. The molecule has 5 N–H and O–H groups in total. The number of carbonyl (C=O) groups excluding carboxylic acids is 1. The predicted molar refractivity (Wildman–Crippen MR) is 67.5 cm³/mol. The summed E-state index contributed by atoms with van der Waals surface area (Å²) in [6.45, 7) is -0.0931. The van der Waals surface area contributed by atoms with Crippen molar-refractivity contribution >= 4 is 23.0 Å². The van der Waals surface area contributed by atoms with Crippen molar-refractivity contribution in [2.45, 2.75) is 6.73 Å². The molecule has 10 heteroatoms. The van der Waals surface area contributed by atoms with Crippen molar-refractivity contribution in [2.75, 3.05) is 25.6 Å². The minimum atomic E-state index is -0.638. The van der Waals surface area contributed by atoms with Crippen molar-refractivity contribution in [1.82, 2.24) is 19.5 Å². The predicted octanol–water partition coefficient (Wildman–Crippen LogP) is -1.76. The number of nitrogen functional groups attached to an aromatic ring is 1. The standard InChI is InChI=1S/C10H14N6O4/c11-6(18)3-20-9-7-8(14-10(12)15-9)16(4-13-7)5-19-2-1-17/h4,17H,1-3,5H2,(H2,11,18)(H2,12,14,15). The Balaban J connectivity index is 2.28. The molecule has 0 aliphatic heterocycles. The first-order chi connectivity index (χ1) is 9.61. The topological polar surface area (TPSA) is 151 Å². The van der Waals surface area contributed by atoms with E-state index in [1.807, 2.05) is 0 Å². The third-order valence-electron chi connectivity index (χ3n) is 2.27. The van der Waals surface area contributed by atoms with Gasteiger partial charge in [-0.05, 0) is 0 Å². The van der Waals surface area contributed by atoms with Gasteiger partial charge >= 0.3 is 0 Å². The second kappa shape index (κ2) is 6.12. The van der Waals surface area contributed by atoms with Gasteiger partial charge in [-0.1, -0.05) is 0 Å². The lowest BCUT2D eigenvalue weighted by atomic mass is 10.5. The molecule has 2 heterocycles. The SMILES string of the molecule is NC(=O)COc1nc(N)nc2c1ncn2COCCO. The summed E-state index contributed by atoms with van der Waals surface area (Å²) in [5.41, 5.74) is 11.3. The van der Waals surface area contributed by atoms with E-state index in [9.17, 15) is 4.79 Å². The van der Waals surface area contributed by atoms with Gasteiger partial charge in [0.1, 0.15) is 6.73 Å². The number of aliphatic hydroxyl groups is 1. The molecule has 0 unspecified atom stereocenters. The minimum Gasteiger partial charge on any atom is -0.466 e. The van der Waals surface area contributed by atoms with Crippen LogP contribution in [-0.4, -0.2) is 50.4 Å². The summed E-state index contributed by atoms with van der Waals surface area (Å²) in [4.78, 5) is 22.7. The van der Waals surface area contributed by atoms with Gasteiger partial charge in [0.15, 0.2) is 17.8 Å². The summed E-state index contributed by atoms with van der Waals surface area (Å²) < 4.78 is 11.9. The molecule has 20 heavy (non-hydrogen) atoms. The number of amides is 1. The van der Waals surface area contributed by atoms with Crippen molar-refractivity contribution in [3.8, 4) is 5.88 Å². The number of nitrogens with two attached hydrogens (primary N) is 2. The number of ether oxygens (including phenoxy) is 2. The molecular weight excluding hydrogens is 268 g/mol. The molecule has 2 rings (SSSR count). The van der Waals surface area contributed by atoms with Crippen LogP contribution in [0.1, 0.15) is 0 Å². The Morgan fingerprint density at radius 2 is 2.25 bits per heavy atom. The Labute approximate surface area is 113 Å². The highest BCUT2D eigenvalue weighted by Gasteiger charge is 2.14. The summed E-state index contributed by atoms with van der Waals surface area (Å²) in [7, 11) is 0. The Morgan fingerprint density at radius 1 is 1.45 bits per heavy atom. The van der Waals surface area contributed by atoms with Crippen molar-refractivity contribution in [3.05, 3.63) is 6.33 Å². The zero-order valence-corrected chi connectivity index (χ0v) is 10.5. The molecule has 0 spiro atoms. The molecule has 0 bridgehead atoms. The maximum Gasteiger partial charge on any atom is 0.255 e. The smallest absolute Gasteiger partial charge is 0.255 e. The summed E-state index contributed by atoms with van der Waals surface area (Å²) >= 11 is 0. The van der Waals surface area contributed by atoms with E-state index in [1.165, 1.54) is 6.33 Å². The number of fused-ring (bicyclic) bond motifs is 1. The first kappa shape index (κ1) is 14.0. The van der Waals surface area contributed by atoms with Crippen LogP contribution in [0.5, 0.6) is 5.88 Å². The van der Waals surface area contributed by atoms with E-state index < -0.39 is 5.91 Å². The largest absolute Gasteiger partial charge is 0.466 e. The lowest BCUT2D eigenvalue weighted by molar-refractivity contribution is -0.120. The van der Waals surface area contributed by atoms with Gasteiger partial charge in [0.25, 0.3) is 5.91 Å². The number of hydrogen-bond acceptors (Lipinski definition) is 8. The first-order valence-corrected chi connectivity index (χ1v) is 5.70. The lowest BCUT2D eigenvalue weighted by Gasteiger charge is -2.06. The molecule has 0 radical (unpaired) electrons. The Morgan fingerprint density at radius 3 is 2.95 bits per heavy atom. The van der Waals surface area contributed by atoms with Gasteiger partial charge < -0.3 is 26.0 Å². The molecule has 0 aliphatic carbocycles. The molecule has 1 amide bonds. The second-order valence-electron chi connectivity index (χ2n) is 3.79. The van der Waals surface area contributed by atoms with Crippen molar-refractivity contribution in [2.24, 2.45) is 5.73 Å². The highest BCUT2D eigenvalue weighted by molar-refractivity contribution is 5.79. The van der Waals surface area contributed by atoms with Crippen molar-refractivity contribution in [3.63, 3.8) is 0 Å². The van der Waals surface area contributed by atoms with E-state index in [-0.39, 0.29) is 38.4 Å². The number of imidazole rings is 1. The fourth-order valence-electron chi connectivity index (χ4n) is 1.50. The van der Waals surface area contributed by atoms with Crippen LogP contribution in [-0.2, 0) is 16.3 Å². The van der Waals surface area contributed by atoms with Crippen molar-refractivity contribution in [1.29, 1.82) is 0 Å². The Bertz CT molecular complexity index is 613.